The first-order chi connectivity index (χ1) is 6.07. The maximum absolute atomic E-state index is 12.4. The fourth-order valence-electron chi connectivity index (χ4n) is 0.886. The zero-order chi connectivity index (χ0) is 10.0. The lowest BCUT2D eigenvalue weighted by molar-refractivity contribution is 0.152. The van der Waals surface area contributed by atoms with Gasteiger partial charge in [0.1, 0.15) is 0 Å². The van der Waals surface area contributed by atoms with Crippen LogP contribution in [0.3, 0.4) is 0 Å². The average molecular weight is 271 g/mol. The van der Waals surface area contributed by atoms with Crippen LogP contribution in [0.1, 0.15) is 17.7 Å². The summed E-state index contributed by atoms with van der Waals surface area (Å²) in [6.07, 6.45) is -1.50. The summed E-state index contributed by atoms with van der Waals surface area (Å²) in [6, 6.07) is 0. The third-order valence-electron chi connectivity index (χ3n) is 1.54. The topological polar surface area (TPSA) is 38.9 Å². The second-order valence-electron chi connectivity index (χ2n) is 2.31. The van der Waals surface area contributed by atoms with Crippen LogP contribution in [0.5, 0.6) is 0 Å². The molecule has 0 atom stereocenters. The molecule has 1 heterocycles. The van der Waals surface area contributed by atoms with E-state index in [0.29, 0.717) is 11.0 Å². The number of aromatic nitrogens is 1. The van der Waals surface area contributed by atoms with Crippen molar-refractivity contribution in [3.8, 4) is 0 Å². The Morgan fingerprint density at radius 2 is 2.23 bits per heavy atom. The minimum Gasteiger partial charge on any atom is -0.397 e. The van der Waals surface area contributed by atoms with Gasteiger partial charge in [0.2, 0.25) is 0 Å². The molecule has 1 rings (SSSR count). The Morgan fingerprint density at radius 1 is 1.62 bits per heavy atom. The monoisotopic (exact) mass is 270 g/mol. The van der Waals surface area contributed by atoms with Crippen LogP contribution in [0.4, 0.5) is 14.5 Å². The summed E-state index contributed by atoms with van der Waals surface area (Å²) in [4.78, 5) is 3.80. The standard InChI is InChI=1S/C7H6BrClF2N2/c8-1-4-6(12)5(7(10)11)3(9)2-13-4/h2,7H,1,12H2. The molecule has 2 N–H and O–H groups in total. The number of rotatable bonds is 2. The molecule has 0 bridgehead atoms. The molecule has 0 spiro atoms. The molecule has 2 nitrogen and oxygen atoms in total. The van der Waals surface area contributed by atoms with Crippen molar-refractivity contribution in [2.24, 2.45) is 0 Å². The second kappa shape index (κ2) is 4.19. The predicted molar refractivity (Wildman–Crippen MR) is 51.2 cm³/mol. The molecular weight excluding hydrogens is 265 g/mol. The number of hydrogen-bond donors (Lipinski definition) is 1. The van der Waals surface area contributed by atoms with Gasteiger partial charge < -0.3 is 5.73 Å². The van der Waals surface area contributed by atoms with E-state index in [2.05, 4.69) is 20.9 Å². The third-order valence-corrected chi connectivity index (χ3v) is 2.37. The lowest BCUT2D eigenvalue weighted by Crippen LogP contribution is -2.02. The van der Waals surface area contributed by atoms with Crippen molar-refractivity contribution in [3.63, 3.8) is 0 Å². The Balaban J connectivity index is 3.30. The zero-order valence-corrected chi connectivity index (χ0v) is 8.74. The van der Waals surface area contributed by atoms with Crippen molar-refractivity contribution in [1.29, 1.82) is 0 Å². The van der Waals surface area contributed by atoms with Crippen molar-refractivity contribution >= 4 is 33.2 Å². The Morgan fingerprint density at radius 3 is 2.69 bits per heavy atom. The zero-order valence-electron chi connectivity index (χ0n) is 6.40. The first-order valence-corrected chi connectivity index (χ1v) is 4.84. The third kappa shape index (κ3) is 2.08. The Kier molecular flexibility index (Phi) is 3.44. The fourth-order valence-corrected chi connectivity index (χ4v) is 1.57. The van der Waals surface area contributed by atoms with E-state index in [1.165, 1.54) is 6.20 Å². The van der Waals surface area contributed by atoms with Gasteiger partial charge in [-0.1, -0.05) is 27.5 Å². The van der Waals surface area contributed by atoms with Crippen LogP contribution >= 0.6 is 27.5 Å². The summed E-state index contributed by atoms with van der Waals surface area (Å²) in [5, 5.41) is 0.229. The van der Waals surface area contributed by atoms with Crippen molar-refractivity contribution < 1.29 is 8.78 Å². The molecule has 0 radical (unpaired) electrons. The van der Waals surface area contributed by atoms with Gasteiger partial charge in [0.15, 0.2) is 0 Å². The molecule has 1 aromatic rings. The van der Waals surface area contributed by atoms with E-state index in [0.717, 1.165) is 0 Å². The number of halogens is 4. The lowest BCUT2D eigenvalue weighted by atomic mass is 10.2. The van der Waals surface area contributed by atoms with Gasteiger partial charge in [-0.25, -0.2) is 8.78 Å². The number of anilines is 1. The summed E-state index contributed by atoms with van der Waals surface area (Å²) >= 11 is 8.60. The Labute approximate surface area is 87.2 Å². The summed E-state index contributed by atoms with van der Waals surface area (Å²) in [7, 11) is 0. The summed E-state index contributed by atoms with van der Waals surface area (Å²) in [5.74, 6) is 0. The SMILES string of the molecule is Nc1c(CBr)ncc(Cl)c1C(F)F. The van der Waals surface area contributed by atoms with Crippen LogP contribution in [0.2, 0.25) is 5.02 Å². The molecule has 0 fully saturated rings. The lowest BCUT2D eigenvalue weighted by Gasteiger charge is -2.09. The Hall–Kier alpha value is -0.420. The fraction of sp³-hybridized carbons (Fsp3) is 0.286. The van der Waals surface area contributed by atoms with Crippen LogP contribution in [0.25, 0.3) is 0 Å². The van der Waals surface area contributed by atoms with Crippen LogP contribution in [-0.4, -0.2) is 4.98 Å². The van der Waals surface area contributed by atoms with Crippen molar-refractivity contribution in [3.05, 3.63) is 22.5 Å². The molecule has 1 aromatic heterocycles. The van der Waals surface area contributed by atoms with Gasteiger partial charge in [0.25, 0.3) is 6.43 Å². The van der Waals surface area contributed by atoms with Crippen LogP contribution < -0.4 is 5.73 Å². The summed E-state index contributed by atoms with van der Waals surface area (Å²) in [6.45, 7) is 0. The maximum atomic E-state index is 12.4. The number of pyridine rings is 1. The predicted octanol–water partition coefficient (Wildman–Crippen LogP) is 3.15. The van der Waals surface area contributed by atoms with Gasteiger partial charge in [-0.05, 0) is 0 Å². The van der Waals surface area contributed by atoms with Gasteiger partial charge in [-0.3, -0.25) is 4.98 Å². The van der Waals surface area contributed by atoms with Gasteiger partial charge in [0.05, 0.1) is 22.0 Å². The minimum absolute atomic E-state index is 0.0422. The van der Waals surface area contributed by atoms with E-state index < -0.39 is 6.43 Å². The van der Waals surface area contributed by atoms with Gasteiger partial charge in [-0.15, -0.1) is 0 Å². The molecule has 0 amide bonds. The van der Waals surface area contributed by atoms with Crippen LogP contribution in [0, 0.1) is 0 Å². The molecule has 6 heteroatoms. The normalized spacial score (nSPS) is 10.8. The van der Waals surface area contributed by atoms with E-state index in [1.54, 1.807) is 0 Å². The molecule has 0 saturated carbocycles. The second-order valence-corrected chi connectivity index (χ2v) is 3.28. The molecule has 0 unspecified atom stereocenters. The van der Waals surface area contributed by atoms with Gasteiger partial charge >= 0.3 is 0 Å². The van der Waals surface area contributed by atoms with Gasteiger partial charge in [0, 0.05) is 11.5 Å². The highest BCUT2D eigenvalue weighted by molar-refractivity contribution is 9.08. The molecule has 0 aromatic carbocycles. The van der Waals surface area contributed by atoms with Crippen LogP contribution in [0.15, 0.2) is 6.20 Å². The highest BCUT2D eigenvalue weighted by Crippen LogP contribution is 2.33. The molecule has 13 heavy (non-hydrogen) atoms. The maximum Gasteiger partial charge on any atom is 0.267 e. The molecule has 0 aliphatic carbocycles. The molecule has 72 valence electrons. The highest BCUT2D eigenvalue weighted by Gasteiger charge is 2.18. The van der Waals surface area contributed by atoms with Crippen molar-refractivity contribution in [2.45, 2.75) is 11.8 Å². The summed E-state index contributed by atoms with van der Waals surface area (Å²) in [5.41, 5.74) is 5.43. The summed E-state index contributed by atoms with van der Waals surface area (Å²) < 4.78 is 24.8. The Bertz CT molecular complexity index is 320. The van der Waals surface area contributed by atoms with Crippen molar-refractivity contribution in [1.82, 2.24) is 4.98 Å². The largest absolute Gasteiger partial charge is 0.397 e. The number of hydrogen-bond acceptors (Lipinski definition) is 2. The quantitative estimate of drug-likeness (QED) is 0.839. The van der Waals surface area contributed by atoms with Gasteiger partial charge in [-0.2, -0.15) is 0 Å². The number of nitrogen functional groups attached to an aromatic ring is 1. The van der Waals surface area contributed by atoms with E-state index in [1.807, 2.05) is 0 Å². The molecular formula is C7H6BrClF2N2. The first-order valence-electron chi connectivity index (χ1n) is 3.34. The number of nitrogens with two attached hydrogens (primary N) is 1. The minimum atomic E-state index is -2.67. The molecule has 0 aliphatic rings. The van der Waals surface area contributed by atoms with E-state index in [9.17, 15) is 8.78 Å². The number of nitrogens with zero attached hydrogens (tertiary/aromatic N) is 1. The number of alkyl halides is 3. The van der Waals surface area contributed by atoms with E-state index in [4.69, 9.17) is 17.3 Å². The first kappa shape index (κ1) is 10.7. The molecule has 0 aliphatic heterocycles. The van der Waals surface area contributed by atoms with Crippen LogP contribution in [-0.2, 0) is 5.33 Å². The van der Waals surface area contributed by atoms with E-state index in [-0.39, 0.29) is 16.3 Å². The highest BCUT2D eigenvalue weighted by atomic mass is 79.9. The molecule has 0 saturated heterocycles. The van der Waals surface area contributed by atoms with E-state index >= 15 is 0 Å². The smallest absolute Gasteiger partial charge is 0.267 e. The van der Waals surface area contributed by atoms with Crippen molar-refractivity contribution in [2.75, 3.05) is 5.73 Å². The average Bonchev–Trinajstić information content (AvgIpc) is 2.04.